The average Bonchev–Trinajstić information content (AvgIpc) is 2.83. The molecule has 1 aliphatic heterocycles. The second kappa shape index (κ2) is 8.51. The number of hydrazone groups is 1. The van der Waals surface area contributed by atoms with Crippen molar-refractivity contribution in [2.45, 2.75) is 5.54 Å². The third-order valence-electron chi connectivity index (χ3n) is 5.52. The lowest BCUT2D eigenvalue weighted by Crippen LogP contribution is -2.49. The van der Waals surface area contributed by atoms with Crippen molar-refractivity contribution in [1.29, 1.82) is 0 Å². The first-order valence-corrected chi connectivity index (χ1v) is 9.95. The summed E-state index contributed by atoms with van der Waals surface area (Å²) in [5, 5.41) is 56.5. The van der Waals surface area contributed by atoms with Crippen molar-refractivity contribution < 1.29 is 35.1 Å². The lowest BCUT2D eigenvalue weighted by atomic mass is 9.92. The zero-order chi connectivity index (χ0) is 23.8. The van der Waals surface area contributed by atoms with Crippen molar-refractivity contribution in [1.82, 2.24) is 5.01 Å². The van der Waals surface area contributed by atoms with Crippen molar-refractivity contribution in [3.8, 4) is 11.5 Å². The number of aliphatic hydroxyl groups is 3. The van der Waals surface area contributed by atoms with Crippen LogP contribution in [-0.4, -0.2) is 73.9 Å². The highest BCUT2D eigenvalue weighted by Gasteiger charge is 2.35. The number of carbonyl (C=O) groups excluding carboxylic acids is 2. The molecule has 1 heterocycles. The van der Waals surface area contributed by atoms with Crippen molar-refractivity contribution >= 4 is 34.5 Å². The van der Waals surface area contributed by atoms with Gasteiger partial charge in [0.25, 0.3) is 11.8 Å². The van der Waals surface area contributed by atoms with E-state index >= 15 is 0 Å². The van der Waals surface area contributed by atoms with Crippen molar-refractivity contribution in [2.75, 3.05) is 25.1 Å². The van der Waals surface area contributed by atoms with Crippen LogP contribution in [0.3, 0.4) is 0 Å². The first-order chi connectivity index (χ1) is 15.8. The van der Waals surface area contributed by atoms with Crippen LogP contribution >= 0.6 is 0 Å². The van der Waals surface area contributed by atoms with Crippen LogP contribution in [0.5, 0.6) is 11.5 Å². The number of rotatable bonds is 7. The Morgan fingerprint density at radius 2 is 1.55 bits per heavy atom. The average molecular weight is 451 g/mol. The van der Waals surface area contributed by atoms with Crippen LogP contribution in [-0.2, 0) is 0 Å². The summed E-state index contributed by atoms with van der Waals surface area (Å²) in [7, 11) is 0. The summed E-state index contributed by atoms with van der Waals surface area (Å²) >= 11 is 0. The van der Waals surface area contributed by atoms with Crippen LogP contribution in [0.1, 0.15) is 26.3 Å². The predicted molar refractivity (Wildman–Crippen MR) is 119 cm³/mol. The molecule has 3 aromatic rings. The van der Waals surface area contributed by atoms with Gasteiger partial charge in [-0.1, -0.05) is 12.1 Å². The zero-order valence-corrected chi connectivity index (χ0v) is 17.3. The van der Waals surface area contributed by atoms with Crippen LogP contribution in [0.15, 0.2) is 53.6 Å². The molecule has 0 saturated carbocycles. The van der Waals surface area contributed by atoms with Crippen LogP contribution < -0.4 is 5.32 Å². The SMILES string of the molecule is O=C1c2cccc3c(NC(CO)(CO)CO)ccc(c23)C(=O)N1/N=C\c1ccc(O)c(O)c1. The van der Waals surface area contributed by atoms with Crippen molar-refractivity contribution in [2.24, 2.45) is 5.10 Å². The van der Waals surface area contributed by atoms with E-state index in [1.807, 2.05) is 0 Å². The van der Waals surface area contributed by atoms with E-state index in [9.17, 15) is 35.1 Å². The highest BCUT2D eigenvalue weighted by Crippen LogP contribution is 2.35. The maximum Gasteiger partial charge on any atom is 0.282 e. The second-order valence-corrected chi connectivity index (χ2v) is 7.68. The van der Waals surface area contributed by atoms with Gasteiger partial charge in [0.1, 0.15) is 5.54 Å². The maximum atomic E-state index is 13.1. The lowest BCUT2D eigenvalue weighted by molar-refractivity contribution is 0.0616. The van der Waals surface area contributed by atoms with Gasteiger partial charge in [-0.2, -0.15) is 10.1 Å². The van der Waals surface area contributed by atoms with Gasteiger partial charge in [0.15, 0.2) is 11.5 Å². The summed E-state index contributed by atoms with van der Waals surface area (Å²) in [5.41, 5.74) is -0.167. The molecule has 0 spiro atoms. The molecule has 0 aliphatic carbocycles. The Morgan fingerprint density at radius 3 is 2.18 bits per heavy atom. The van der Waals surface area contributed by atoms with Gasteiger partial charge in [-0.25, -0.2) is 0 Å². The van der Waals surface area contributed by atoms with Crippen LogP contribution in [0, 0.1) is 0 Å². The highest BCUT2D eigenvalue weighted by atomic mass is 16.3. The smallest absolute Gasteiger partial charge is 0.282 e. The van der Waals surface area contributed by atoms with Crippen LogP contribution in [0.25, 0.3) is 10.8 Å². The molecule has 33 heavy (non-hydrogen) atoms. The molecule has 10 nitrogen and oxygen atoms in total. The molecule has 0 fully saturated rings. The van der Waals surface area contributed by atoms with E-state index in [2.05, 4.69) is 10.4 Å². The fourth-order valence-electron chi connectivity index (χ4n) is 3.60. The van der Waals surface area contributed by atoms with Gasteiger partial charge in [-0.05, 0) is 42.0 Å². The molecule has 0 bridgehead atoms. The Labute approximate surface area is 187 Å². The van der Waals surface area contributed by atoms with E-state index in [-0.39, 0.29) is 22.6 Å². The molecule has 0 saturated heterocycles. The summed E-state index contributed by atoms with van der Waals surface area (Å²) in [4.78, 5) is 26.2. The molecule has 1 aliphatic rings. The van der Waals surface area contributed by atoms with Crippen molar-refractivity contribution in [3.63, 3.8) is 0 Å². The van der Waals surface area contributed by atoms with Gasteiger partial charge in [0.2, 0.25) is 0 Å². The number of amides is 2. The highest BCUT2D eigenvalue weighted by molar-refractivity contribution is 6.26. The fourth-order valence-corrected chi connectivity index (χ4v) is 3.60. The zero-order valence-electron chi connectivity index (χ0n) is 17.3. The van der Waals surface area contributed by atoms with E-state index in [4.69, 9.17) is 0 Å². The number of phenolic OH excluding ortho intramolecular Hbond substituents is 2. The first kappa shape index (κ1) is 22.2. The molecular formula is C23H21N3O7. The number of aromatic hydroxyl groups is 2. The standard InChI is InChI=1S/C23H21N3O7/c27-10-23(11-28,12-29)25-17-6-5-16-20-14(17)2-1-3-15(20)21(32)26(22(16)33)24-9-13-4-7-18(30)19(31)8-13/h1-9,25,27-31H,10-12H2/b24-9-. The minimum absolute atomic E-state index is 0.221. The molecule has 4 rings (SSSR count). The van der Waals surface area contributed by atoms with Gasteiger partial charge in [0.05, 0.1) is 37.2 Å². The summed E-state index contributed by atoms with van der Waals surface area (Å²) < 4.78 is 0. The van der Waals surface area contributed by atoms with E-state index in [1.54, 1.807) is 24.3 Å². The van der Waals surface area contributed by atoms with Gasteiger partial charge in [-0.15, -0.1) is 0 Å². The number of imide groups is 1. The summed E-state index contributed by atoms with van der Waals surface area (Å²) in [5.74, 6) is -2.00. The molecule has 0 atom stereocenters. The first-order valence-electron chi connectivity index (χ1n) is 9.95. The van der Waals surface area contributed by atoms with E-state index in [0.717, 1.165) is 0 Å². The van der Waals surface area contributed by atoms with Crippen LogP contribution in [0.4, 0.5) is 5.69 Å². The number of anilines is 1. The quantitative estimate of drug-likeness (QED) is 0.176. The van der Waals surface area contributed by atoms with Gasteiger partial charge in [0, 0.05) is 16.5 Å². The monoisotopic (exact) mass is 451 g/mol. The normalized spacial score (nSPS) is 13.8. The summed E-state index contributed by atoms with van der Waals surface area (Å²) in [6.07, 6.45) is 1.22. The lowest BCUT2D eigenvalue weighted by Gasteiger charge is -2.31. The molecular weight excluding hydrogens is 430 g/mol. The Bertz CT molecular complexity index is 1250. The topological polar surface area (TPSA) is 163 Å². The Kier molecular flexibility index (Phi) is 5.73. The fraction of sp³-hybridized carbons (Fsp3) is 0.174. The number of nitrogens with one attached hydrogen (secondary N) is 1. The van der Waals surface area contributed by atoms with Gasteiger partial charge < -0.3 is 30.8 Å². The summed E-state index contributed by atoms with van der Waals surface area (Å²) in [6, 6.07) is 11.9. The Morgan fingerprint density at radius 1 is 0.879 bits per heavy atom. The van der Waals surface area contributed by atoms with E-state index in [0.29, 0.717) is 27.0 Å². The molecule has 0 radical (unpaired) electrons. The van der Waals surface area contributed by atoms with Crippen molar-refractivity contribution in [3.05, 3.63) is 65.2 Å². The number of aliphatic hydroxyl groups excluding tert-OH is 3. The number of hydrogen-bond acceptors (Lipinski definition) is 9. The number of phenols is 2. The number of benzene rings is 3. The molecule has 0 unspecified atom stereocenters. The molecule has 2 amide bonds. The third kappa shape index (κ3) is 3.76. The Hall–Kier alpha value is -3.99. The number of hydrogen-bond donors (Lipinski definition) is 6. The predicted octanol–water partition coefficient (Wildman–Crippen LogP) is 1.01. The minimum atomic E-state index is -1.39. The molecule has 10 heteroatoms. The van der Waals surface area contributed by atoms with Gasteiger partial charge >= 0.3 is 0 Å². The van der Waals surface area contributed by atoms with E-state index in [1.165, 1.54) is 30.5 Å². The largest absolute Gasteiger partial charge is 0.504 e. The summed E-state index contributed by atoms with van der Waals surface area (Å²) in [6.45, 7) is -1.64. The van der Waals surface area contributed by atoms with E-state index < -0.39 is 37.2 Å². The van der Waals surface area contributed by atoms with Gasteiger partial charge in [-0.3, -0.25) is 9.59 Å². The number of nitrogens with zero attached hydrogens (tertiary/aromatic N) is 2. The maximum absolute atomic E-state index is 13.1. The molecule has 6 N–H and O–H groups in total. The minimum Gasteiger partial charge on any atom is -0.504 e. The third-order valence-corrected chi connectivity index (χ3v) is 5.52. The second-order valence-electron chi connectivity index (χ2n) is 7.68. The molecule has 0 aromatic heterocycles. The molecule has 170 valence electrons. The van der Waals surface area contributed by atoms with Crippen LogP contribution in [0.2, 0.25) is 0 Å². The molecule has 3 aromatic carbocycles. The number of carbonyl (C=O) groups is 2. The Balaban J connectivity index is 1.75.